The van der Waals surface area contributed by atoms with Gasteiger partial charge in [0.15, 0.2) is 0 Å². The van der Waals surface area contributed by atoms with Crippen molar-refractivity contribution in [1.82, 2.24) is 58.7 Å². The van der Waals surface area contributed by atoms with Crippen LogP contribution >= 0.6 is 0 Å². The standard InChI is InChI=1S/C29H34N6O2.C28H29N9O.C27H29F3N6O/c1-37-25-12-20(13-25)14-27(36)21-6-10-34(11-7-21)28-5-4-22(17-31-28)26-15-24(33-8-2-3-9-33)19-35-29(26)23(16-30)18-32-35;1-38-27-5-4-19(11-32-27)15-36-22-8-23(36)17-35(16-22)26-14-30-25(13-31-26)24-9-21(34-6-2-3-7-34)18-37-28(24)20(10-29)12-33-37;28-27(29,30)9-3-4-24(37)19-7-12-35(13-8-19)25-6-5-20(16-32-25)23-14-22(34-10-1-2-11-34)18-36-26(23)21(15-31)17-33-36/h4-5,15,17-21,25H,2-3,6-14H2,1H3;4-5,9,11-14,18,22-23H,2-3,6-8,15-17H2,1H3;5-6,14,16-19H,1-4,7-13H2. The van der Waals surface area contributed by atoms with E-state index in [1.807, 2.05) is 70.6 Å². The monoisotopic (exact) mass is 1520 g/mol. The molecule has 1 saturated carbocycles. The summed E-state index contributed by atoms with van der Waals surface area (Å²) in [7, 11) is 3.39. The van der Waals surface area contributed by atoms with Crippen molar-refractivity contribution in [2.45, 2.75) is 140 Å². The van der Waals surface area contributed by atoms with Gasteiger partial charge >= 0.3 is 6.18 Å². The number of piperidine rings is 3. The molecule has 10 aromatic rings. The molecule has 8 aliphatic heterocycles. The van der Waals surface area contributed by atoms with Gasteiger partial charge in [-0.25, -0.2) is 33.5 Å². The Labute approximate surface area is 648 Å². The summed E-state index contributed by atoms with van der Waals surface area (Å²) in [6.07, 6.45) is 29.4. The summed E-state index contributed by atoms with van der Waals surface area (Å²) < 4.78 is 53.0. The van der Waals surface area contributed by atoms with Gasteiger partial charge in [-0.05, 0) is 144 Å². The third-order valence-corrected chi connectivity index (χ3v) is 24.1. The molecule has 28 heteroatoms. The second-order valence-electron chi connectivity index (χ2n) is 31.0. The van der Waals surface area contributed by atoms with Gasteiger partial charge in [-0.2, -0.15) is 44.3 Å². The molecule has 8 saturated heterocycles. The second-order valence-corrected chi connectivity index (χ2v) is 31.0. The molecule has 9 fully saturated rings. The number of piperazine rings is 1. The number of pyridine rings is 6. The van der Waals surface area contributed by atoms with E-state index in [0.29, 0.717) is 84.8 Å². The molecule has 2 bridgehead atoms. The fourth-order valence-corrected chi connectivity index (χ4v) is 17.7. The van der Waals surface area contributed by atoms with Crippen molar-refractivity contribution in [3.63, 3.8) is 0 Å². The third kappa shape index (κ3) is 16.1. The number of carbonyl (C=O) groups excluding carboxylic acids is 2. The van der Waals surface area contributed by atoms with Gasteiger partial charge in [0, 0.05) is 188 Å². The number of halogens is 3. The molecule has 0 spiro atoms. The number of hydrogen-bond donors (Lipinski definition) is 0. The second kappa shape index (κ2) is 33.0. The topological polar surface area (TPSA) is 263 Å². The highest BCUT2D eigenvalue weighted by Crippen LogP contribution is 2.41. The van der Waals surface area contributed by atoms with E-state index in [2.05, 4.69) is 114 Å². The number of nitriles is 3. The van der Waals surface area contributed by atoms with Crippen LogP contribution in [0.2, 0.25) is 0 Å². The molecule has 2 atom stereocenters. The smallest absolute Gasteiger partial charge is 0.389 e. The van der Waals surface area contributed by atoms with E-state index >= 15 is 0 Å². The number of rotatable bonds is 20. The minimum atomic E-state index is -4.21. The average Bonchev–Trinajstić information content (AvgIpc) is 1.68. The summed E-state index contributed by atoms with van der Waals surface area (Å²) in [5.41, 5.74) is 13.9. The maximum atomic E-state index is 12.8. The predicted octanol–water partition coefficient (Wildman–Crippen LogP) is 13.0. The lowest BCUT2D eigenvalue weighted by molar-refractivity contribution is -0.137. The Balaban J connectivity index is 0.000000127. The van der Waals surface area contributed by atoms with Crippen molar-refractivity contribution in [2.24, 2.45) is 17.8 Å². The van der Waals surface area contributed by atoms with Crippen LogP contribution in [0.4, 0.5) is 47.7 Å². The Bertz CT molecular complexity index is 5110. The number of ether oxygens (including phenoxy) is 2. The first-order chi connectivity index (χ1) is 54.6. The SMILES string of the molecule is COC1CC(CC(=O)C2CCN(c3ccc(-c4cc(N5CCCC5)cn5ncc(C#N)c45)cn3)CC2)C1.COc1ccc(CN2C3CC2CN(c2cnc(-c4cc(N5CCCC5)cn5ncc(C#N)c45)cn2)C3)cn1.N#Cc1cnn2cc(N3CCCC3)cc(-c3ccc(N4CCC(C(=O)CCCC(F)(F)F)CC4)nc3)c12. The van der Waals surface area contributed by atoms with E-state index in [0.717, 1.165) is 195 Å². The van der Waals surface area contributed by atoms with Crippen LogP contribution < -0.4 is 34.1 Å². The minimum absolute atomic E-state index is 0.0125. The Morgan fingerprint density at radius 2 is 0.973 bits per heavy atom. The number of Topliss-reactive ketones (excluding diaryl/α,β-unsaturated/α-hetero) is 2. The van der Waals surface area contributed by atoms with Crippen LogP contribution in [-0.2, 0) is 20.9 Å². The molecule has 0 radical (unpaired) electrons. The van der Waals surface area contributed by atoms with Gasteiger partial charge < -0.3 is 38.9 Å². The van der Waals surface area contributed by atoms with E-state index in [1.165, 1.54) is 37.7 Å². The molecule has 0 aromatic carbocycles. The number of methoxy groups -OCH3 is 2. The zero-order chi connectivity index (χ0) is 77.0. The molecule has 112 heavy (non-hydrogen) atoms. The maximum Gasteiger partial charge on any atom is 0.389 e. The van der Waals surface area contributed by atoms with Crippen LogP contribution in [0.5, 0.6) is 5.88 Å². The van der Waals surface area contributed by atoms with Crippen molar-refractivity contribution in [2.75, 3.05) is 122 Å². The predicted molar refractivity (Wildman–Crippen MR) is 420 cm³/mol. The number of carbonyl (C=O) groups is 2. The highest BCUT2D eigenvalue weighted by Gasteiger charge is 2.45. The van der Waals surface area contributed by atoms with E-state index in [9.17, 15) is 38.5 Å². The Hall–Kier alpha value is -11.3. The summed E-state index contributed by atoms with van der Waals surface area (Å²) in [4.78, 5) is 65.0. The maximum absolute atomic E-state index is 12.8. The first-order valence-electron chi connectivity index (χ1n) is 39.5. The molecule has 25 nitrogen and oxygen atoms in total. The summed E-state index contributed by atoms with van der Waals surface area (Å²) in [6, 6.07) is 26.3. The molecule has 10 aromatic heterocycles. The minimum Gasteiger partial charge on any atom is -0.481 e. The first kappa shape index (κ1) is 74.8. The molecule has 0 amide bonds. The van der Waals surface area contributed by atoms with Crippen molar-refractivity contribution in [1.29, 1.82) is 15.8 Å². The van der Waals surface area contributed by atoms with Crippen LogP contribution in [0.1, 0.15) is 131 Å². The van der Waals surface area contributed by atoms with Crippen molar-refractivity contribution < 1.29 is 32.2 Å². The van der Waals surface area contributed by atoms with Gasteiger partial charge in [-0.15, -0.1) is 0 Å². The van der Waals surface area contributed by atoms with Gasteiger partial charge in [0.05, 0.1) is 119 Å². The Morgan fingerprint density at radius 1 is 0.500 bits per heavy atom. The molecule has 2 unspecified atom stereocenters. The largest absolute Gasteiger partial charge is 0.481 e. The zero-order valence-electron chi connectivity index (χ0n) is 63.4. The van der Waals surface area contributed by atoms with Crippen molar-refractivity contribution in [3.8, 4) is 57.6 Å². The lowest BCUT2D eigenvalue weighted by atomic mass is 9.76. The number of fused-ring (bicyclic) bond motifs is 5. The van der Waals surface area contributed by atoms with Crippen LogP contribution in [-0.4, -0.2) is 187 Å². The lowest BCUT2D eigenvalue weighted by Gasteiger charge is -2.56. The summed E-state index contributed by atoms with van der Waals surface area (Å²) in [5.74, 6) is 4.15. The summed E-state index contributed by atoms with van der Waals surface area (Å²) in [6.45, 7) is 11.9. The van der Waals surface area contributed by atoms with E-state index in [4.69, 9.17) is 24.4 Å². The molecule has 578 valence electrons. The quantitative estimate of drug-likeness (QED) is 0.0686. The molecule has 0 N–H and O–H groups in total. The van der Waals surface area contributed by atoms with E-state index < -0.39 is 12.6 Å². The van der Waals surface area contributed by atoms with Crippen LogP contribution in [0, 0.1) is 51.7 Å². The normalized spacial score (nSPS) is 20.1. The molecular weight excluding hydrogens is 1420 g/mol. The average molecular weight is 1520 g/mol. The van der Waals surface area contributed by atoms with E-state index in [1.54, 1.807) is 43.5 Å². The van der Waals surface area contributed by atoms with Gasteiger partial charge in [-0.1, -0.05) is 6.07 Å². The van der Waals surface area contributed by atoms with Crippen molar-refractivity contribution >= 4 is 62.6 Å². The van der Waals surface area contributed by atoms with Crippen LogP contribution in [0.3, 0.4) is 0 Å². The molecular formula is C84H92F3N21O4. The van der Waals surface area contributed by atoms with Crippen LogP contribution in [0.25, 0.3) is 50.1 Å². The van der Waals surface area contributed by atoms with Crippen molar-refractivity contribution in [3.05, 3.63) is 145 Å². The lowest BCUT2D eigenvalue weighted by Crippen LogP contribution is -2.68. The van der Waals surface area contributed by atoms with Gasteiger partial charge in [0.2, 0.25) is 5.88 Å². The summed E-state index contributed by atoms with van der Waals surface area (Å²) in [5, 5.41) is 42.3. The first-order valence-corrected chi connectivity index (χ1v) is 39.5. The Morgan fingerprint density at radius 3 is 1.39 bits per heavy atom. The van der Waals surface area contributed by atoms with Gasteiger partial charge in [-0.3, -0.25) is 19.5 Å². The number of ketones is 2. The number of aromatic nitrogens is 11. The Kier molecular flexibility index (Phi) is 22.0. The highest BCUT2D eigenvalue weighted by atomic mass is 19.4. The highest BCUT2D eigenvalue weighted by molar-refractivity contribution is 5.89. The number of alkyl halides is 3. The fraction of sp³-hybridized carbons (Fsp3) is 0.464. The fourth-order valence-electron chi connectivity index (χ4n) is 17.7. The molecule has 19 rings (SSSR count). The molecule has 9 aliphatic rings. The molecule has 1 aliphatic carbocycles. The third-order valence-electron chi connectivity index (χ3n) is 24.1. The van der Waals surface area contributed by atoms with Gasteiger partial charge in [0.1, 0.15) is 47.2 Å². The summed E-state index contributed by atoms with van der Waals surface area (Å²) >= 11 is 0. The zero-order valence-corrected chi connectivity index (χ0v) is 63.4. The number of nitrogens with zero attached hydrogens (tertiary/aromatic N) is 21. The molecule has 18 heterocycles. The van der Waals surface area contributed by atoms with Gasteiger partial charge in [0.25, 0.3) is 0 Å². The van der Waals surface area contributed by atoms with Crippen LogP contribution in [0.15, 0.2) is 123 Å². The number of anilines is 6. The number of hydrogen-bond acceptors (Lipinski definition) is 22. The van der Waals surface area contributed by atoms with E-state index in [-0.39, 0.29) is 30.5 Å².